The zero-order chi connectivity index (χ0) is 96.7. The summed E-state index contributed by atoms with van der Waals surface area (Å²) in [4.78, 5) is 14.2. The number of rotatable bonds is 21. The minimum Gasteiger partial charge on any atom is -0.497 e. The van der Waals surface area contributed by atoms with E-state index in [0.717, 1.165) is 78.4 Å². The number of carbonyl (C=O) groups is 1. The molecule has 132 heavy (non-hydrogen) atoms. The van der Waals surface area contributed by atoms with E-state index in [1.54, 1.807) is 74.5 Å². The number of ether oxygens (including phenoxy) is 6. The molecular formula is C96H55F26N3O7. The molecule has 0 spiro atoms. The number of aryl methyl sites for hydroxylation is 3. The van der Waals surface area contributed by atoms with Crippen molar-refractivity contribution in [2.24, 2.45) is 0 Å². The highest BCUT2D eigenvalue weighted by atomic mass is 19.4. The lowest BCUT2D eigenvalue weighted by Gasteiger charge is -2.38. The minimum atomic E-state index is -6.21. The molecule has 0 saturated heterocycles. The highest BCUT2D eigenvalue weighted by molar-refractivity contribution is 6.14. The van der Waals surface area contributed by atoms with Crippen LogP contribution in [0.15, 0.2) is 243 Å². The Bertz CT molecular complexity index is 6590. The number of hydrogen-bond donors (Lipinski definition) is 0. The number of halogens is 26. The summed E-state index contributed by atoms with van der Waals surface area (Å²) in [5.41, 5.74) is -22.5. The molecule has 0 heterocycles. The summed E-state index contributed by atoms with van der Waals surface area (Å²) in [7, 11) is 1.75. The van der Waals surface area contributed by atoms with Crippen LogP contribution in [0.3, 0.4) is 0 Å². The molecule has 0 unspecified atom stereocenters. The number of alkyl halides is 18. The highest BCUT2D eigenvalue weighted by Gasteiger charge is 2.75. The number of nitrogens with zero attached hydrogens (tertiary/aromatic N) is 3. The Morgan fingerprint density at radius 1 is 0.288 bits per heavy atom. The first kappa shape index (κ1) is 96.1. The van der Waals surface area contributed by atoms with Crippen LogP contribution in [-0.4, -0.2) is 57.1 Å². The largest absolute Gasteiger partial charge is 0.497 e. The van der Waals surface area contributed by atoms with Crippen molar-refractivity contribution in [2.75, 3.05) is 14.2 Å². The Morgan fingerprint density at radius 2 is 0.606 bits per heavy atom. The van der Waals surface area contributed by atoms with E-state index in [1.807, 2.05) is 6.07 Å². The van der Waals surface area contributed by atoms with Crippen molar-refractivity contribution < 1.29 is 147 Å². The number of benzene rings is 13. The molecule has 0 aliphatic heterocycles. The van der Waals surface area contributed by atoms with E-state index in [2.05, 4.69) is 10.8 Å². The fourth-order valence-electron chi connectivity index (χ4n) is 15.0. The van der Waals surface area contributed by atoms with Gasteiger partial charge in [-0.1, -0.05) is 163 Å². The quantitative estimate of drug-likeness (QED) is 0.0387. The van der Waals surface area contributed by atoms with Crippen LogP contribution in [0.2, 0.25) is 0 Å². The summed E-state index contributed by atoms with van der Waals surface area (Å²) < 4.78 is 416. The molecule has 0 radical (unpaired) electrons. The lowest BCUT2D eigenvalue weighted by molar-refractivity contribution is -0.290. The fraction of sp³-hybridized carbons (Fsp3) is 0.146. The Labute approximate surface area is 730 Å². The van der Waals surface area contributed by atoms with Crippen LogP contribution in [0.1, 0.15) is 82.7 Å². The van der Waals surface area contributed by atoms with E-state index in [-0.39, 0.29) is 74.6 Å². The summed E-state index contributed by atoms with van der Waals surface area (Å²) in [6, 6.07) is 46.3. The van der Waals surface area contributed by atoms with Gasteiger partial charge in [0.1, 0.15) is 75.3 Å². The Hall–Kier alpha value is -15.0. The number of carbonyl (C=O) groups excluding carboxylic acids is 1. The minimum absolute atomic E-state index is 0.0188. The molecule has 0 aliphatic rings. The van der Waals surface area contributed by atoms with Crippen LogP contribution >= 0.6 is 0 Å². The van der Waals surface area contributed by atoms with Gasteiger partial charge in [-0.05, 0) is 162 Å². The van der Waals surface area contributed by atoms with E-state index in [9.17, 15) is 90.8 Å². The van der Waals surface area contributed by atoms with Crippen LogP contribution in [-0.2, 0) is 16.2 Å². The summed E-state index contributed by atoms with van der Waals surface area (Å²) in [5.74, 6) is -27.3. The van der Waals surface area contributed by atoms with Gasteiger partial charge in [-0.15, -0.1) is 0 Å². The van der Waals surface area contributed by atoms with E-state index < -0.39 is 167 Å². The Morgan fingerprint density at radius 3 is 0.955 bits per heavy atom. The predicted octanol–water partition coefficient (Wildman–Crippen LogP) is 28.7. The number of hydrogen-bond acceptors (Lipinski definition) is 10. The molecule has 0 amide bonds. The SMILES string of the molecule is COc1c(F)c(F)c(-c2c(F)c(F)c(Oc3ccc(C(c4ccc(Oc5cccc(-c6ccc(-c7cccc(C)c7C#N)c(C(=O)c7cccc(C)c7)c6)c5C#N)cc4)(C(F)(F)F)C(F)(F)F)cc3)c(F)c2F)c(F)c1F.COc1ccc(C(c2ccc(Oc3cccc(Oc4ccc(C(c5ccc(C)cc5)(C(F)(F)F)C(F)(F)F)cc4)c3C#N)cc2)(C(F)(F)F)C(F)(F)F)cc1. The molecule has 0 aliphatic carbocycles. The first-order valence-corrected chi connectivity index (χ1v) is 37.9. The fourth-order valence-corrected chi connectivity index (χ4v) is 15.0. The average Bonchev–Trinajstić information content (AvgIpc) is 0.710. The third-order valence-corrected chi connectivity index (χ3v) is 21.3. The topological polar surface area (TPSA) is 144 Å². The smallest absolute Gasteiger partial charge is 0.411 e. The van der Waals surface area contributed by atoms with Crippen LogP contribution in [0.5, 0.6) is 57.5 Å². The van der Waals surface area contributed by atoms with E-state index in [1.165, 1.54) is 56.5 Å². The molecule has 13 aromatic rings. The molecule has 0 fully saturated rings. The van der Waals surface area contributed by atoms with Crippen molar-refractivity contribution >= 4 is 5.78 Å². The van der Waals surface area contributed by atoms with Gasteiger partial charge in [0, 0.05) is 22.3 Å². The Kier molecular flexibility index (Phi) is 26.6. The summed E-state index contributed by atoms with van der Waals surface area (Å²) >= 11 is 0. The van der Waals surface area contributed by atoms with E-state index in [0.29, 0.717) is 107 Å². The van der Waals surface area contributed by atoms with Gasteiger partial charge in [-0.2, -0.15) is 112 Å². The third kappa shape index (κ3) is 17.3. The van der Waals surface area contributed by atoms with Crippen LogP contribution in [0.4, 0.5) is 114 Å². The molecule has 0 aromatic heterocycles. The maximum atomic E-state index is 15.3. The maximum absolute atomic E-state index is 15.3. The van der Waals surface area contributed by atoms with Gasteiger partial charge in [-0.3, -0.25) is 4.79 Å². The van der Waals surface area contributed by atoms with Crippen molar-refractivity contribution in [2.45, 2.75) is 74.1 Å². The Balaban J connectivity index is 0.000000252. The van der Waals surface area contributed by atoms with E-state index in [4.69, 9.17) is 23.7 Å². The van der Waals surface area contributed by atoms with Crippen molar-refractivity contribution in [3.8, 4) is 109 Å². The molecule has 0 N–H and O–H groups in total. The third-order valence-electron chi connectivity index (χ3n) is 21.3. The second-order valence-electron chi connectivity index (χ2n) is 29.1. The van der Waals surface area contributed by atoms with Gasteiger partial charge in [0.15, 0.2) is 34.8 Å². The van der Waals surface area contributed by atoms with Gasteiger partial charge in [-0.25, -0.2) is 17.6 Å². The monoisotopic (exact) mass is 1860 g/mol. The first-order chi connectivity index (χ1) is 62.0. The van der Waals surface area contributed by atoms with Gasteiger partial charge in [0.25, 0.3) is 0 Å². The van der Waals surface area contributed by atoms with Crippen molar-refractivity contribution in [1.82, 2.24) is 0 Å². The highest BCUT2D eigenvalue weighted by Crippen LogP contribution is 2.61. The number of ketones is 1. The van der Waals surface area contributed by atoms with Crippen molar-refractivity contribution in [3.63, 3.8) is 0 Å². The van der Waals surface area contributed by atoms with Crippen LogP contribution in [0, 0.1) is 101 Å². The maximum Gasteiger partial charge on any atom is 0.411 e. The summed E-state index contributed by atoms with van der Waals surface area (Å²) in [5, 5.41) is 30.4. The molecule has 13 aromatic carbocycles. The molecule has 0 saturated carbocycles. The van der Waals surface area contributed by atoms with Gasteiger partial charge < -0.3 is 28.4 Å². The molecular weight excluding hydrogens is 1800 g/mol. The number of methoxy groups -OCH3 is 2. The zero-order valence-corrected chi connectivity index (χ0v) is 67.6. The predicted molar refractivity (Wildman–Crippen MR) is 424 cm³/mol. The molecule has 13 rings (SSSR count). The number of nitriles is 3. The van der Waals surface area contributed by atoms with Crippen molar-refractivity contribution in [1.29, 1.82) is 15.8 Å². The molecule has 36 heteroatoms. The molecule has 678 valence electrons. The van der Waals surface area contributed by atoms with E-state index >= 15 is 43.9 Å². The van der Waals surface area contributed by atoms with Gasteiger partial charge >= 0.3 is 37.1 Å². The zero-order valence-electron chi connectivity index (χ0n) is 67.6. The average molecular weight is 1860 g/mol. The summed E-state index contributed by atoms with van der Waals surface area (Å²) in [6.45, 7) is 5.02. The molecule has 0 atom stereocenters. The van der Waals surface area contributed by atoms with Crippen LogP contribution < -0.4 is 28.4 Å². The normalized spacial score (nSPS) is 12.2. The van der Waals surface area contributed by atoms with Gasteiger partial charge in [0.05, 0.1) is 30.9 Å². The molecule has 10 nitrogen and oxygen atoms in total. The second kappa shape index (κ2) is 36.5. The lowest BCUT2D eigenvalue weighted by Crippen LogP contribution is -2.54. The summed E-state index contributed by atoms with van der Waals surface area (Å²) in [6.07, 6.45) is -35.8. The first-order valence-electron chi connectivity index (χ1n) is 37.9. The molecule has 0 bridgehead atoms. The second-order valence-corrected chi connectivity index (χ2v) is 29.1. The van der Waals surface area contributed by atoms with Gasteiger partial charge in [0.2, 0.25) is 45.3 Å². The van der Waals surface area contributed by atoms with Crippen LogP contribution in [0.25, 0.3) is 33.4 Å². The van der Waals surface area contributed by atoms with Crippen molar-refractivity contribution in [3.05, 3.63) is 367 Å². The standard InChI is InChI=1S/C57H30F14N2O4.C39H25F12NO3/c1-27-7-4-9-30(23-27)52(74)38-24-29(13-22-37(38)36-11-5-8-28(2)39(36)25-72)35-10-6-12-41(40(35)26-73)76-33-18-14-31(15-19-33)55(56(66,67)68,57(69,70)71)32-16-20-34(21-17-32)77-54-50(64)46(60)43(47(61)51(54)65)42-44(58)48(62)53(75-3)49(63)45(42)59;1-23-6-8-24(9-7-23)34(36(40,41)42,37(43,44)45)26-12-18-29(19-13-26)54-32-4-3-5-33(31(32)22-52)55-30-20-14-27(15-21-30)35(38(46,47)48,39(49,50)51)25-10-16-28(53-2)17-11-25/h4-24H,1-3H3;3-21H,1-2H3. The lowest BCUT2D eigenvalue weighted by atomic mass is 9.72.